The van der Waals surface area contributed by atoms with Gasteiger partial charge in [-0.25, -0.2) is 20.2 Å². The fourth-order valence-corrected chi connectivity index (χ4v) is 4.01. The first-order chi connectivity index (χ1) is 13.6. The van der Waals surface area contributed by atoms with Crippen LogP contribution in [0.3, 0.4) is 0 Å². The topological polar surface area (TPSA) is 66.5 Å². The van der Waals surface area contributed by atoms with Crippen molar-refractivity contribution in [2.75, 3.05) is 13.1 Å². The Morgan fingerprint density at radius 3 is 2.64 bits per heavy atom. The quantitative estimate of drug-likeness (QED) is 0.752. The Balaban J connectivity index is 1.28. The van der Waals surface area contributed by atoms with Gasteiger partial charge in [0.05, 0.1) is 4.47 Å². The molecule has 8 heteroatoms. The highest BCUT2D eigenvalue weighted by Gasteiger charge is 2.34. The first kappa shape index (κ1) is 19.3. The molecule has 148 valence electrons. The van der Waals surface area contributed by atoms with E-state index in [1.54, 1.807) is 18.3 Å². The summed E-state index contributed by atoms with van der Waals surface area (Å²) >= 11 is 3.44. The summed E-state index contributed by atoms with van der Waals surface area (Å²) in [7, 11) is 0. The van der Waals surface area contributed by atoms with Gasteiger partial charge in [-0.2, -0.15) is 0 Å². The van der Waals surface area contributed by atoms with Crippen molar-refractivity contribution < 1.29 is 13.9 Å². The van der Waals surface area contributed by atoms with Gasteiger partial charge in [-0.3, -0.25) is 4.79 Å². The van der Waals surface area contributed by atoms with Crippen LogP contribution in [-0.2, 0) is 4.79 Å². The molecule has 0 aliphatic carbocycles. The van der Waals surface area contributed by atoms with Crippen LogP contribution in [0.1, 0.15) is 30.9 Å². The maximum Gasteiger partial charge on any atom is 0.241 e. The van der Waals surface area contributed by atoms with Crippen LogP contribution >= 0.6 is 15.9 Å². The Kier molecular flexibility index (Phi) is 5.89. The van der Waals surface area contributed by atoms with Gasteiger partial charge in [-0.1, -0.05) is 12.1 Å². The molecule has 0 saturated carbocycles. The zero-order chi connectivity index (χ0) is 19.5. The van der Waals surface area contributed by atoms with E-state index >= 15 is 0 Å². The standard InChI is InChI=1S/C20H22BrFN4O2/c21-16-2-1-9-23-19(16)28-15-7-10-26(11-8-15)20(27)18-12-17(24-25-18)13-3-5-14(22)6-4-13/h1-6,9,15,17-18,24-25H,7-8,10-12H2. The molecule has 2 aliphatic rings. The normalized spacial score (nSPS) is 23.0. The number of pyridine rings is 1. The van der Waals surface area contributed by atoms with Crippen molar-refractivity contribution in [2.45, 2.75) is 37.5 Å². The number of likely N-dealkylation sites (tertiary alicyclic amines) is 1. The lowest BCUT2D eigenvalue weighted by molar-refractivity contribution is -0.135. The maximum absolute atomic E-state index is 13.1. The molecule has 1 aromatic carbocycles. The lowest BCUT2D eigenvalue weighted by atomic mass is 10.0. The Hall–Kier alpha value is -2.03. The molecule has 4 rings (SSSR count). The number of nitrogens with one attached hydrogen (secondary N) is 2. The smallest absolute Gasteiger partial charge is 0.241 e. The molecule has 0 bridgehead atoms. The Morgan fingerprint density at radius 1 is 1.18 bits per heavy atom. The van der Waals surface area contributed by atoms with Gasteiger partial charge in [0, 0.05) is 38.2 Å². The van der Waals surface area contributed by atoms with Crippen LogP contribution in [0.4, 0.5) is 4.39 Å². The number of amides is 1. The van der Waals surface area contributed by atoms with Crippen LogP contribution < -0.4 is 15.6 Å². The Morgan fingerprint density at radius 2 is 1.93 bits per heavy atom. The maximum atomic E-state index is 13.1. The van der Waals surface area contributed by atoms with Gasteiger partial charge in [0.25, 0.3) is 0 Å². The van der Waals surface area contributed by atoms with Crippen LogP contribution in [0, 0.1) is 5.82 Å². The highest BCUT2D eigenvalue weighted by molar-refractivity contribution is 9.10. The fourth-order valence-electron chi connectivity index (χ4n) is 3.66. The predicted octanol–water partition coefficient (Wildman–Crippen LogP) is 2.96. The predicted molar refractivity (Wildman–Crippen MR) is 106 cm³/mol. The molecule has 2 atom stereocenters. The van der Waals surface area contributed by atoms with Crippen LogP contribution in [0.2, 0.25) is 0 Å². The minimum atomic E-state index is -0.280. The van der Waals surface area contributed by atoms with Gasteiger partial charge in [-0.05, 0) is 52.2 Å². The number of carbonyl (C=O) groups is 1. The van der Waals surface area contributed by atoms with E-state index in [9.17, 15) is 9.18 Å². The molecule has 2 saturated heterocycles. The molecule has 2 aromatic rings. The molecule has 0 radical (unpaired) electrons. The van der Waals surface area contributed by atoms with Crippen molar-refractivity contribution >= 4 is 21.8 Å². The molecular formula is C20H22BrFN4O2. The monoisotopic (exact) mass is 448 g/mol. The molecule has 0 spiro atoms. The van der Waals surface area contributed by atoms with Crippen LogP contribution in [-0.4, -0.2) is 41.0 Å². The van der Waals surface area contributed by atoms with Crippen LogP contribution in [0.15, 0.2) is 47.1 Å². The number of hydrazine groups is 1. The van der Waals surface area contributed by atoms with Gasteiger partial charge >= 0.3 is 0 Å². The SMILES string of the molecule is O=C(C1CC(c2ccc(F)cc2)NN1)N1CCC(Oc2ncccc2Br)CC1. The van der Waals surface area contributed by atoms with Crippen LogP contribution in [0.25, 0.3) is 0 Å². The minimum absolute atomic E-state index is 0.00284. The molecule has 2 N–H and O–H groups in total. The molecule has 28 heavy (non-hydrogen) atoms. The van der Waals surface area contributed by atoms with Gasteiger partial charge < -0.3 is 9.64 Å². The second-order valence-corrected chi connectivity index (χ2v) is 7.97. The number of hydrogen-bond donors (Lipinski definition) is 2. The highest BCUT2D eigenvalue weighted by Crippen LogP contribution is 2.27. The number of nitrogens with zero attached hydrogens (tertiary/aromatic N) is 2. The molecule has 2 unspecified atom stereocenters. The zero-order valence-corrected chi connectivity index (χ0v) is 16.9. The summed E-state index contributed by atoms with van der Waals surface area (Å²) in [6.45, 7) is 1.32. The number of piperidine rings is 1. The molecule has 2 fully saturated rings. The summed E-state index contributed by atoms with van der Waals surface area (Å²) in [5.74, 6) is 0.427. The summed E-state index contributed by atoms with van der Waals surface area (Å²) in [6.07, 6.45) is 3.94. The van der Waals surface area contributed by atoms with Gasteiger partial charge in [0.15, 0.2) is 0 Å². The van der Waals surface area contributed by atoms with E-state index in [1.807, 2.05) is 17.0 Å². The van der Waals surface area contributed by atoms with Crippen LogP contribution in [0.5, 0.6) is 5.88 Å². The number of carbonyl (C=O) groups excluding carboxylic acids is 1. The number of hydrogen-bond acceptors (Lipinski definition) is 5. The third-order valence-corrected chi connectivity index (χ3v) is 5.83. The largest absolute Gasteiger partial charge is 0.473 e. The lowest BCUT2D eigenvalue weighted by Gasteiger charge is -2.33. The Labute approximate surface area is 171 Å². The lowest BCUT2D eigenvalue weighted by Crippen LogP contribution is -2.49. The van der Waals surface area contributed by atoms with Crippen molar-refractivity contribution in [3.05, 3.63) is 58.4 Å². The van der Waals surface area contributed by atoms with E-state index in [4.69, 9.17) is 4.74 Å². The van der Waals surface area contributed by atoms with Gasteiger partial charge in [0.1, 0.15) is 18.0 Å². The molecule has 6 nitrogen and oxygen atoms in total. The highest BCUT2D eigenvalue weighted by atomic mass is 79.9. The Bertz CT molecular complexity index is 827. The summed E-state index contributed by atoms with van der Waals surface area (Å²) in [4.78, 5) is 19.0. The summed E-state index contributed by atoms with van der Waals surface area (Å²) in [5.41, 5.74) is 7.21. The van der Waals surface area contributed by atoms with Crippen molar-refractivity contribution in [2.24, 2.45) is 0 Å². The number of benzene rings is 1. The molecular weight excluding hydrogens is 427 g/mol. The van der Waals surface area contributed by atoms with E-state index < -0.39 is 0 Å². The van der Waals surface area contributed by atoms with E-state index in [2.05, 4.69) is 31.8 Å². The third kappa shape index (κ3) is 4.34. The van der Waals surface area contributed by atoms with E-state index in [1.165, 1.54) is 12.1 Å². The molecule has 1 amide bonds. The molecule has 1 aromatic heterocycles. The van der Waals surface area contributed by atoms with E-state index in [0.717, 1.165) is 22.9 Å². The second kappa shape index (κ2) is 8.55. The van der Waals surface area contributed by atoms with E-state index in [0.29, 0.717) is 25.4 Å². The fraction of sp³-hybridized carbons (Fsp3) is 0.400. The average Bonchev–Trinajstić information content (AvgIpc) is 3.20. The number of ether oxygens (including phenoxy) is 1. The summed E-state index contributed by atoms with van der Waals surface area (Å²) in [6, 6.07) is 9.85. The number of rotatable bonds is 4. The molecule has 2 aliphatic heterocycles. The van der Waals surface area contributed by atoms with E-state index in [-0.39, 0.29) is 29.9 Å². The average molecular weight is 449 g/mol. The van der Waals surface area contributed by atoms with Gasteiger partial charge in [0.2, 0.25) is 11.8 Å². The summed E-state index contributed by atoms with van der Waals surface area (Å²) < 4.78 is 19.9. The summed E-state index contributed by atoms with van der Waals surface area (Å²) in [5, 5.41) is 0. The van der Waals surface area contributed by atoms with Crippen molar-refractivity contribution in [3.8, 4) is 5.88 Å². The number of halogens is 2. The van der Waals surface area contributed by atoms with Gasteiger partial charge in [-0.15, -0.1) is 0 Å². The number of aromatic nitrogens is 1. The van der Waals surface area contributed by atoms with Crippen molar-refractivity contribution in [1.82, 2.24) is 20.7 Å². The first-order valence-corrected chi connectivity index (χ1v) is 10.2. The van der Waals surface area contributed by atoms with Crippen molar-refractivity contribution in [3.63, 3.8) is 0 Å². The van der Waals surface area contributed by atoms with Crippen molar-refractivity contribution in [1.29, 1.82) is 0 Å². The third-order valence-electron chi connectivity index (χ3n) is 5.23. The first-order valence-electron chi connectivity index (χ1n) is 9.42. The zero-order valence-electron chi connectivity index (χ0n) is 15.3. The molecule has 3 heterocycles. The second-order valence-electron chi connectivity index (χ2n) is 7.11. The minimum Gasteiger partial charge on any atom is -0.473 e.